The van der Waals surface area contributed by atoms with Crippen LogP contribution in [0, 0.1) is 0 Å². The molecule has 1 amide bonds. The van der Waals surface area contributed by atoms with Crippen molar-refractivity contribution in [1.82, 2.24) is 4.90 Å². The number of ether oxygens (including phenoxy) is 3. The molecular formula is C20H16N2O5S. The van der Waals surface area contributed by atoms with Gasteiger partial charge in [0.25, 0.3) is 5.91 Å². The molecule has 0 unspecified atom stereocenters. The van der Waals surface area contributed by atoms with E-state index in [-0.39, 0.29) is 12.7 Å². The maximum atomic E-state index is 12.6. The van der Waals surface area contributed by atoms with E-state index < -0.39 is 5.97 Å². The Morgan fingerprint density at radius 1 is 1.18 bits per heavy atom. The standard InChI is InChI=1S/C20H16N2O5S/c1-22-18(23)17(10-12-3-8-15-16(9-12)27-11-26-15)28-20(22)21-14-6-4-13(5-7-14)19(24)25-2/h3-10H,11H2,1-2H3/b17-10+,21-20?. The monoisotopic (exact) mass is 396 g/mol. The van der Waals surface area contributed by atoms with Crippen LogP contribution in [0.4, 0.5) is 5.69 Å². The molecule has 0 radical (unpaired) electrons. The van der Waals surface area contributed by atoms with Gasteiger partial charge in [-0.05, 0) is 59.8 Å². The van der Waals surface area contributed by atoms with Gasteiger partial charge in [0.2, 0.25) is 6.79 Å². The fourth-order valence-electron chi connectivity index (χ4n) is 2.71. The van der Waals surface area contributed by atoms with Crippen LogP contribution in [0.1, 0.15) is 15.9 Å². The number of esters is 1. The molecule has 1 saturated heterocycles. The lowest BCUT2D eigenvalue weighted by atomic mass is 10.2. The van der Waals surface area contributed by atoms with Crippen LogP contribution < -0.4 is 9.47 Å². The van der Waals surface area contributed by atoms with Gasteiger partial charge in [-0.25, -0.2) is 9.79 Å². The number of benzene rings is 2. The fourth-order valence-corrected chi connectivity index (χ4v) is 3.69. The highest BCUT2D eigenvalue weighted by atomic mass is 32.2. The van der Waals surface area contributed by atoms with Crippen LogP contribution in [0.2, 0.25) is 0 Å². The third-order valence-corrected chi connectivity index (χ3v) is 5.27. The van der Waals surface area contributed by atoms with E-state index in [4.69, 9.17) is 9.47 Å². The molecule has 0 N–H and O–H groups in total. The van der Waals surface area contributed by atoms with Crippen molar-refractivity contribution in [3.05, 3.63) is 58.5 Å². The highest BCUT2D eigenvalue weighted by Gasteiger charge is 2.30. The van der Waals surface area contributed by atoms with Crippen molar-refractivity contribution in [3.8, 4) is 11.5 Å². The molecule has 0 bridgehead atoms. The molecule has 0 atom stereocenters. The Kier molecular flexibility index (Phi) is 4.79. The normalized spacial score (nSPS) is 18.2. The third kappa shape index (κ3) is 3.46. The van der Waals surface area contributed by atoms with Gasteiger partial charge >= 0.3 is 5.97 Å². The zero-order chi connectivity index (χ0) is 19.7. The zero-order valence-corrected chi connectivity index (χ0v) is 16.0. The number of amidine groups is 1. The van der Waals surface area contributed by atoms with E-state index in [1.165, 1.54) is 23.8 Å². The Hall–Kier alpha value is -3.26. The van der Waals surface area contributed by atoms with E-state index in [0.29, 0.717) is 32.8 Å². The second-order valence-electron chi connectivity index (χ2n) is 6.02. The van der Waals surface area contributed by atoms with Crippen molar-refractivity contribution in [2.75, 3.05) is 21.0 Å². The summed E-state index contributed by atoms with van der Waals surface area (Å²) in [4.78, 5) is 30.6. The number of fused-ring (bicyclic) bond motifs is 1. The van der Waals surface area contributed by atoms with Gasteiger partial charge in [0.15, 0.2) is 16.7 Å². The third-order valence-electron chi connectivity index (χ3n) is 4.21. The van der Waals surface area contributed by atoms with E-state index in [1.807, 2.05) is 18.2 Å². The Balaban J connectivity index is 1.56. The van der Waals surface area contributed by atoms with E-state index in [2.05, 4.69) is 9.73 Å². The summed E-state index contributed by atoms with van der Waals surface area (Å²) in [5.41, 5.74) is 1.93. The summed E-state index contributed by atoms with van der Waals surface area (Å²) in [7, 11) is 3.01. The molecule has 1 fully saturated rings. The zero-order valence-electron chi connectivity index (χ0n) is 15.2. The van der Waals surface area contributed by atoms with Crippen LogP contribution in [0.25, 0.3) is 6.08 Å². The van der Waals surface area contributed by atoms with E-state index >= 15 is 0 Å². The molecule has 0 aromatic heterocycles. The number of amides is 1. The number of nitrogens with zero attached hydrogens (tertiary/aromatic N) is 2. The lowest BCUT2D eigenvalue weighted by molar-refractivity contribution is -0.121. The van der Waals surface area contributed by atoms with Crippen molar-refractivity contribution >= 4 is 40.6 Å². The summed E-state index contributed by atoms with van der Waals surface area (Å²) in [6.07, 6.45) is 1.80. The first kappa shape index (κ1) is 18.1. The van der Waals surface area contributed by atoms with Crippen LogP contribution in [-0.4, -0.2) is 42.9 Å². The van der Waals surface area contributed by atoms with Crippen molar-refractivity contribution in [1.29, 1.82) is 0 Å². The SMILES string of the molecule is COC(=O)c1ccc(N=C2S/C(=C/c3ccc4c(c3)OCO4)C(=O)N2C)cc1. The molecule has 2 aromatic rings. The molecule has 142 valence electrons. The largest absolute Gasteiger partial charge is 0.465 e. The van der Waals surface area contributed by atoms with E-state index in [1.54, 1.807) is 37.4 Å². The molecule has 2 aromatic carbocycles. The first-order valence-corrected chi connectivity index (χ1v) is 9.21. The van der Waals surface area contributed by atoms with Crippen LogP contribution >= 0.6 is 11.8 Å². The molecule has 8 heteroatoms. The number of likely N-dealkylation sites (N-methyl/N-ethyl adjacent to an activating group) is 1. The van der Waals surface area contributed by atoms with Gasteiger partial charge in [-0.15, -0.1) is 0 Å². The summed E-state index contributed by atoms with van der Waals surface area (Å²) in [5, 5.41) is 0.558. The predicted octanol–water partition coefficient (Wildman–Crippen LogP) is 3.44. The highest BCUT2D eigenvalue weighted by molar-refractivity contribution is 8.18. The number of hydrogen-bond donors (Lipinski definition) is 0. The van der Waals surface area contributed by atoms with Crippen LogP contribution in [0.5, 0.6) is 11.5 Å². The Bertz CT molecular complexity index is 1010. The first-order valence-electron chi connectivity index (χ1n) is 8.39. The van der Waals surface area contributed by atoms with Crippen molar-refractivity contribution in [2.45, 2.75) is 0 Å². The van der Waals surface area contributed by atoms with Gasteiger partial charge in [-0.2, -0.15) is 0 Å². The van der Waals surface area contributed by atoms with Gasteiger partial charge < -0.3 is 14.2 Å². The van der Waals surface area contributed by atoms with Crippen LogP contribution in [0.15, 0.2) is 52.4 Å². The molecule has 28 heavy (non-hydrogen) atoms. The van der Waals surface area contributed by atoms with E-state index in [0.717, 1.165) is 5.56 Å². The van der Waals surface area contributed by atoms with Crippen molar-refractivity contribution in [3.63, 3.8) is 0 Å². The summed E-state index contributed by atoms with van der Waals surface area (Å²) >= 11 is 1.29. The minimum atomic E-state index is -0.407. The highest BCUT2D eigenvalue weighted by Crippen LogP contribution is 2.36. The second kappa shape index (κ2) is 7.40. The average Bonchev–Trinajstić information content (AvgIpc) is 3.28. The van der Waals surface area contributed by atoms with Gasteiger partial charge in [0.05, 0.1) is 23.3 Å². The molecule has 2 aliphatic heterocycles. The molecule has 0 saturated carbocycles. The van der Waals surface area contributed by atoms with Crippen LogP contribution in [0.3, 0.4) is 0 Å². The molecular weight excluding hydrogens is 380 g/mol. The van der Waals surface area contributed by atoms with Crippen LogP contribution in [-0.2, 0) is 9.53 Å². The summed E-state index contributed by atoms with van der Waals surface area (Å²) in [6.45, 7) is 0.206. The van der Waals surface area contributed by atoms with Gasteiger partial charge in [0, 0.05) is 7.05 Å². The number of hydrogen-bond acceptors (Lipinski definition) is 7. The Morgan fingerprint density at radius 2 is 1.93 bits per heavy atom. The lowest BCUT2D eigenvalue weighted by Gasteiger charge is -2.07. The van der Waals surface area contributed by atoms with Crippen molar-refractivity contribution in [2.24, 2.45) is 4.99 Å². The first-order chi connectivity index (χ1) is 13.5. The maximum absolute atomic E-state index is 12.6. The predicted molar refractivity (Wildman–Crippen MR) is 106 cm³/mol. The molecule has 4 rings (SSSR count). The topological polar surface area (TPSA) is 77.4 Å². The van der Waals surface area contributed by atoms with Crippen molar-refractivity contribution < 1.29 is 23.8 Å². The Morgan fingerprint density at radius 3 is 2.68 bits per heavy atom. The molecule has 2 aliphatic rings. The average molecular weight is 396 g/mol. The minimum Gasteiger partial charge on any atom is -0.465 e. The number of methoxy groups -OCH3 is 1. The smallest absolute Gasteiger partial charge is 0.337 e. The number of carbonyl (C=O) groups is 2. The minimum absolute atomic E-state index is 0.132. The van der Waals surface area contributed by atoms with Gasteiger partial charge in [0.1, 0.15) is 0 Å². The second-order valence-corrected chi connectivity index (χ2v) is 7.03. The molecule has 0 aliphatic carbocycles. The summed E-state index contributed by atoms with van der Waals surface area (Å²) in [5.74, 6) is 0.823. The number of carbonyl (C=O) groups excluding carboxylic acids is 2. The van der Waals surface area contributed by atoms with E-state index in [9.17, 15) is 9.59 Å². The summed E-state index contributed by atoms with van der Waals surface area (Å²) < 4.78 is 15.4. The van der Waals surface area contributed by atoms with Gasteiger partial charge in [-0.1, -0.05) is 6.07 Å². The van der Waals surface area contributed by atoms with Gasteiger partial charge in [-0.3, -0.25) is 9.69 Å². The number of rotatable bonds is 3. The number of aliphatic imine (C=N–C) groups is 1. The Labute approximate surface area is 165 Å². The lowest BCUT2D eigenvalue weighted by Crippen LogP contribution is -2.23. The maximum Gasteiger partial charge on any atom is 0.337 e. The number of thioether (sulfide) groups is 1. The molecule has 7 nitrogen and oxygen atoms in total. The quantitative estimate of drug-likeness (QED) is 0.584. The molecule has 2 heterocycles. The fraction of sp³-hybridized carbons (Fsp3) is 0.150. The molecule has 0 spiro atoms. The summed E-state index contributed by atoms with van der Waals surface area (Å²) in [6, 6.07) is 12.2.